The summed E-state index contributed by atoms with van der Waals surface area (Å²) in [7, 11) is 0. The number of ether oxygens (including phenoxy) is 2. The highest BCUT2D eigenvalue weighted by atomic mass is 16.5. The maximum atomic E-state index is 13.0. The molecular formula is C24H27NO6. The van der Waals surface area contributed by atoms with Crippen molar-refractivity contribution in [2.24, 2.45) is 0 Å². The summed E-state index contributed by atoms with van der Waals surface area (Å²) < 4.78 is 17.1. The topological polar surface area (TPSA) is 89.2 Å². The predicted octanol–water partition coefficient (Wildman–Crippen LogP) is 3.76. The van der Waals surface area contributed by atoms with E-state index >= 15 is 0 Å². The third-order valence-corrected chi connectivity index (χ3v) is 5.52. The molecule has 1 aromatic heterocycles. The normalized spacial score (nSPS) is 22.3. The minimum atomic E-state index is -0.812. The second-order valence-corrected chi connectivity index (χ2v) is 8.32. The van der Waals surface area contributed by atoms with Crippen molar-refractivity contribution in [3.8, 4) is 5.75 Å². The van der Waals surface area contributed by atoms with Gasteiger partial charge in [0, 0.05) is 18.5 Å². The van der Waals surface area contributed by atoms with Crippen molar-refractivity contribution in [3.63, 3.8) is 0 Å². The smallest absolute Gasteiger partial charge is 0.295 e. The Labute approximate surface area is 181 Å². The van der Waals surface area contributed by atoms with E-state index in [1.807, 2.05) is 26.8 Å². The average molecular weight is 425 g/mol. The molecule has 4 rings (SSSR count). The van der Waals surface area contributed by atoms with E-state index in [-0.39, 0.29) is 36.7 Å². The van der Waals surface area contributed by atoms with Crippen LogP contribution >= 0.6 is 0 Å². The minimum absolute atomic E-state index is 0.00264. The number of carbonyl (C=O) groups is 2. The Hall–Kier alpha value is -3.06. The maximum Gasteiger partial charge on any atom is 0.295 e. The molecule has 7 heteroatoms. The Kier molecular flexibility index (Phi) is 5.62. The third-order valence-electron chi connectivity index (χ3n) is 5.52. The molecule has 0 bridgehead atoms. The molecule has 1 fully saturated rings. The van der Waals surface area contributed by atoms with Gasteiger partial charge >= 0.3 is 0 Å². The van der Waals surface area contributed by atoms with Gasteiger partial charge in [0.1, 0.15) is 35.2 Å². The van der Waals surface area contributed by atoms with Crippen molar-refractivity contribution < 1.29 is 28.6 Å². The summed E-state index contributed by atoms with van der Waals surface area (Å²) in [5.41, 5.74) is 1.46. The Balaban J connectivity index is 1.76. The molecule has 2 atom stereocenters. The number of furan rings is 1. The Bertz CT molecular complexity index is 1050. The molecule has 1 aromatic carbocycles. The van der Waals surface area contributed by atoms with Gasteiger partial charge in [-0.3, -0.25) is 9.59 Å². The molecule has 1 N–H and O–H groups in total. The number of aliphatic hydroxyl groups excluding tert-OH is 1. The van der Waals surface area contributed by atoms with Gasteiger partial charge in [0.2, 0.25) is 0 Å². The van der Waals surface area contributed by atoms with Crippen molar-refractivity contribution in [2.75, 3.05) is 13.2 Å². The molecule has 7 nitrogen and oxygen atoms in total. The SMILES string of the molecule is Cc1ccc(C2/C(=C(/O)c3ccc4c(c3)CC(C)O4)C(=O)C(=O)N2CCOC(C)C)o1. The monoisotopic (exact) mass is 425 g/mol. The number of hydrogen-bond acceptors (Lipinski definition) is 6. The van der Waals surface area contributed by atoms with E-state index in [0.717, 1.165) is 17.7 Å². The van der Waals surface area contributed by atoms with Gasteiger partial charge in [-0.1, -0.05) is 0 Å². The van der Waals surface area contributed by atoms with Crippen LogP contribution in [0.3, 0.4) is 0 Å². The second kappa shape index (κ2) is 8.23. The van der Waals surface area contributed by atoms with Gasteiger partial charge in [-0.15, -0.1) is 0 Å². The van der Waals surface area contributed by atoms with Crippen LogP contribution in [0.4, 0.5) is 0 Å². The van der Waals surface area contributed by atoms with Gasteiger partial charge < -0.3 is 23.9 Å². The largest absolute Gasteiger partial charge is 0.507 e. The highest BCUT2D eigenvalue weighted by Crippen LogP contribution is 2.41. The van der Waals surface area contributed by atoms with Crippen LogP contribution in [0.2, 0.25) is 0 Å². The zero-order chi connectivity index (χ0) is 22.3. The molecule has 0 spiro atoms. The molecule has 0 saturated carbocycles. The Morgan fingerprint density at radius 2 is 2.03 bits per heavy atom. The Morgan fingerprint density at radius 1 is 1.26 bits per heavy atom. The van der Waals surface area contributed by atoms with E-state index in [4.69, 9.17) is 13.9 Å². The predicted molar refractivity (Wildman–Crippen MR) is 114 cm³/mol. The first-order valence-electron chi connectivity index (χ1n) is 10.5. The van der Waals surface area contributed by atoms with Gasteiger partial charge in [-0.25, -0.2) is 0 Å². The van der Waals surface area contributed by atoms with Crippen LogP contribution in [0.25, 0.3) is 5.76 Å². The molecule has 2 aliphatic heterocycles. The minimum Gasteiger partial charge on any atom is -0.507 e. The second-order valence-electron chi connectivity index (χ2n) is 8.32. The number of nitrogens with zero attached hydrogens (tertiary/aromatic N) is 1. The zero-order valence-corrected chi connectivity index (χ0v) is 18.2. The molecule has 0 radical (unpaired) electrons. The highest BCUT2D eigenvalue weighted by Gasteiger charge is 2.47. The van der Waals surface area contributed by atoms with Gasteiger partial charge in [0.15, 0.2) is 0 Å². The molecule has 1 amide bonds. The summed E-state index contributed by atoms with van der Waals surface area (Å²) in [5.74, 6) is 0.237. The molecule has 3 heterocycles. The molecule has 1 saturated heterocycles. The van der Waals surface area contributed by atoms with Crippen molar-refractivity contribution in [1.29, 1.82) is 0 Å². The third kappa shape index (κ3) is 3.97. The number of aryl methyl sites for hydroxylation is 1. The van der Waals surface area contributed by atoms with E-state index in [0.29, 0.717) is 17.1 Å². The fourth-order valence-corrected chi connectivity index (χ4v) is 4.12. The van der Waals surface area contributed by atoms with E-state index in [2.05, 4.69) is 0 Å². The molecule has 0 aliphatic carbocycles. The molecular weight excluding hydrogens is 398 g/mol. The van der Waals surface area contributed by atoms with Crippen LogP contribution in [0.15, 0.2) is 40.3 Å². The fourth-order valence-electron chi connectivity index (χ4n) is 4.12. The number of likely N-dealkylation sites (tertiary alicyclic amines) is 1. The lowest BCUT2D eigenvalue weighted by molar-refractivity contribution is -0.140. The molecule has 2 unspecified atom stereocenters. The average Bonchev–Trinajstić information content (AvgIpc) is 3.37. The van der Waals surface area contributed by atoms with Crippen molar-refractivity contribution in [2.45, 2.75) is 52.4 Å². The fraction of sp³-hybridized carbons (Fsp3) is 0.417. The van der Waals surface area contributed by atoms with E-state index in [1.165, 1.54) is 4.90 Å². The van der Waals surface area contributed by atoms with Gasteiger partial charge in [-0.05, 0) is 63.6 Å². The summed E-state index contributed by atoms with van der Waals surface area (Å²) in [6, 6.07) is 7.99. The summed E-state index contributed by atoms with van der Waals surface area (Å²) in [6.45, 7) is 8.05. The number of ketones is 1. The molecule has 2 aliphatic rings. The van der Waals surface area contributed by atoms with Crippen LogP contribution in [0.1, 0.15) is 49.5 Å². The number of amides is 1. The lowest BCUT2D eigenvalue weighted by Gasteiger charge is -2.23. The van der Waals surface area contributed by atoms with Crippen molar-refractivity contribution in [1.82, 2.24) is 4.90 Å². The van der Waals surface area contributed by atoms with E-state index in [1.54, 1.807) is 31.2 Å². The lowest BCUT2D eigenvalue weighted by Crippen LogP contribution is -2.33. The number of fused-ring (bicyclic) bond motifs is 1. The first kappa shape index (κ1) is 21.2. The first-order chi connectivity index (χ1) is 14.8. The zero-order valence-electron chi connectivity index (χ0n) is 18.2. The molecule has 164 valence electrons. The number of benzene rings is 1. The Morgan fingerprint density at radius 3 is 2.71 bits per heavy atom. The van der Waals surface area contributed by atoms with E-state index < -0.39 is 17.7 Å². The molecule has 2 aromatic rings. The van der Waals surface area contributed by atoms with Crippen LogP contribution in [-0.4, -0.2) is 47.1 Å². The standard InChI is InChI=1S/C24H27NO6/c1-13(2)29-10-9-25-21(19-7-5-14(3)30-19)20(23(27)24(25)28)22(26)16-6-8-18-17(12-16)11-15(4)31-18/h5-8,12-13,15,21,26H,9-11H2,1-4H3/b22-20-. The summed E-state index contributed by atoms with van der Waals surface area (Å²) in [6.07, 6.45) is 0.778. The van der Waals surface area contributed by atoms with E-state index in [9.17, 15) is 14.7 Å². The summed E-state index contributed by atoms with van der Waals surface area (Å²) >= 11 is 0. The van der Waals surface area contributed by atoms with Crippen LogP contribution in [0, 0.1) is 6.92 Å². The number of carbonyl (C=O) groups excluding carboxylic acids is 2. The number of Topliss-reactive ketones (excluding diaryl/α,β-unsaturated/α-hetero) is 1. The van der Waals surface area contributed by atoms with Crippen LogP contribution in [-0.2, 0) is 20.7 Å². The van der Waals surface area contributed by atoms with Crippen LogP contribution < -0.4 is 4.74 Å². The van der Waals surface area contributed by atoms with Crippen molar-refractivity contribution >= 4 is 17.4 Å². The maximum absolute atomic E-state index is 13.0. The molecule has 31 heavy (non-hydrogen) atoms. The van der Waals surface area contributed by atoms with Gasteiger partial charge in [0.25, 0.3) is 11.7 Å². The van der Waals surface area contributed by atoms with Gasteiger partial charge in [-0.2, -0.15) is 0 Å². The summed E-state index contributed by atoms with van der Waals surface area (Å²) in [4.78, 5) is 27.3. The van der Waals surface area contributed by atoms with Gasteiger partial charge in [0.05, 0.1) is 18.3 Å². The quantitative estimate of drug-likeness (QED) is 0.431. The lowest BCUT2D eigenvalue weighted by atomic mass is 9.97. The number of rotatable bonds is 6. The van der Waals surface area contributed by atoms with Crippen LogP contribution in [0.5, 0.6) is 5.75 Å². The first-order valence-corrected chi connectivity index (χ1v) is 10.5. The van der Waals surface area contributed by atoms with Crippen molar-refractivity contribution in [3.05, 3.63) is 58.6 Å². The summed E-state index contributed by atoms with van der Waals surface area (Å²) in [5, 5.41) is 11.1. The number of hydrogen-bond donors (Lipinski definition) is 1. The highest BCUT2D eigenvalue weighted by molar-refractivity contribution is 6.46. The number of aliphatic hydroxyl groups is 1.